The van der Waals surface area contributed by atoms with Crippen molar-refractivity contribution in [2.45, 2.75) is 57.5 Å². The predicted octanol–water partition coefficient (Wildman–Crippen LogP) is 6.73. The van der Waals surface area contributed by atoms with Gasteiger partial charge in [0.25, 0.3) is 0 Å². The molecule has 0 radical (unpaired) electrons. The Kier molecular flexibility index (Phi) is 7.80. The van der Waals surface area contributed by atoms with E-state index in [1.54, 1.807) is 14.2 Å². The van der Waals surface area contributed by atoms with Crippen molar-refractivity contribution >= 4 is 22.3 Å². The minimum atomic E-state index is 0.344. The normalized spacial score (nSPS) is 20.1. The molecule has 1 aliphatic heterocycles. The fourth-order valence-corrected chi connectivity index (χ4v) is 7.18. The second-order valence-corrected chi connectivity index (χ2v) is 11.8. The molecule has 1 saturated carbocycles. The maximum atomic E-state index is 6.34. The van der Waals surface area contributed by atoms with Crippen molar-refractivity contribution in [1.29, 1.82) is 0 Å². The molecule has 0 atom stereocenters. The molecule has 0 unspecified atom stereocenters. The number of hydrogen-bond acceptors (Lipinski definition) is 6. The van der Waals surface area contributed by atoms with Gasteiger partial charge in [-0.05, 0) is 85.7 Å². The van der Waals surface area contributed by atoms with Gasteiger partial charge in [0.05, 0.1) is 19.9 Å². The molecule has 216 valence electrons. The van der Waals surface area contributed by atoms with Crippen LogP contribution in [0.3, 0.4) is 0 Å². The number of piperazine rings is 1. The Bertz CT molecular complexity index is 1480. The van der Waals surface area contributed by atoms with Crippen LogP contribution >= 0.6 is 0 Å². The van der Waals surface area contributed by atoms with Gasteiger partial charge in [-0.15, -0.1) is 0 Å². The van der Waals surface area contributed by atoms with Crippen LogP contribution in [0.4, 0.5) is 11.4 Å². The fourth-order valence-electron chi connectivity index (χ4n) is 7.18. The molecule has 0 amide bonds. The summed E-state index contributed by atoms with van der Waals surface area (Å²) in [6.45, 7) is 8.98. The zero-order chi connectivity index (χ0) is 28.5. The number of hydrogen-bond donors (Lipinski definition) is 1. The monoisotopic (exact) mass is 553 g/mol. The van der Waals surface area contributed by atoms with E-state index in [1.165, 1.54) is 53.5 Å². The zero-order valence-electron chi connectivity index (χ0n) is 24.8. The maximum Gasteiger partial charge on any atom is 0.161 e. The predicted molar refractivity (Wildman–Crippen MR) is 168 cm³/mol. The van der Waals surface area contributed by atoms with Crippen molar-refractivity contribution in [3.05, 3.63) is 66.5 Å². The van der Waals surface area contributed by atoms with Crippen LogP contribution in [0.5, 0.6) is 11.5 Å². The van der Waals surface area contributed by atoms with E-state index in [4.69, 9.17) is 15.2 Å². The van der Waals surface area contributed by atoms with Gasteiger partial charge < -0.3 is 24.7 Å². The first kappa shape index (κ1) is 27.5. The first-order valence-corrected chi connectivity index (χ1v) is 15.0. The lowest BCUT2D eigenvalue weighted by Crippen LogP contribution is -2.51. The van der Waals surface area contributed by atoms with Gasteiger partial charge in [-0.1, -0.05) is 13.8 Å². The Morgan fingerprint density at radius 3 is 2.15 bits per heavy atom. The van der Waals surface area contributed by atoms with E-state index >= 15 is 0 Å². The summed E-state index contributed by atoms with van der Waals surface area (Å²) in [6, 6.07) is 18.1. The lowest BCUT2D eigenvalue weighted by Gasteiger charge is -2.43. The lowest BCUT2D eigenvalue weighted by molar-refractivity contribution is 0.132. The fraction of sp³-hybridized carbons (Fsp3) is 0.441. The smallest absolute Gasteiger partial charge is 0.161 e. The van der Waals surface area contributed by atoms with Crippen molar-refractivity contribution < 1.29 is 9.47 Å². The van der Waals surface area contributed by atoms with Crippen LogP contribution in [-0.2, 0) is 0 Å². The van der Waals surface area contributed by atoms with E-state index in [1.807, 2.05) is 18.5 Å². The largest absolute Gasteiger partial charge is 0.493 e. The molecule has 2 aromatic heterocycles. The number of benzene rings is 2. The van der Waals surface area contributed by atoms with Crippen molar-refractivity contribution in [2.75, 3.05) is 51.0 Å². The summed E-state index contributed by atoms with van der Waals surface area (Å²) in [5.41, 5.74) is 13.5. The highest BCUT2D eigenvalue weighted by Crippen LogP contribution is 2.46. The standard InChI is InChI=1S/C34H43N5O2/c1-23(2)33-29-22-25(35)6-11-30(29)39(34(33)24-5-12-31(40-3)32(21-24)41-4)28-9-7-26(8-10-28)37-17-19-38(20-18-37)27-13-15-36-16-14-27/h5-6,11-16,21-23,26,28H,7-10,17-20,35H2,1-4H3. The van der Waals surface area contributed by atoms with Crippen molar-refractivity contribution in [1.82, 2.24) is 14.5 Å². The summed E-state index contributed by atoms with van der Waals surface area (Å²) in [5, 5.41) is 1.26. The van der Waals surface area contributed by atoms with E-state index < -0.39 is 0 Å². The molecule has 7 nitrogen and oxygen atoms in total. The third-order valence-electron chi connectivity index (χ3n) is 9.19. The summed E-state index contributed by atoms with van der Waals surface area (Å²) in [6.07, 6.45) is 8.56. The van der Waals surface area contributed by atoms with Crippen LogP contribution in [0.25, 0.3) is 22.2 Å². The average molecular weight is 554 g/mol. The molecule has 0 spiro atoms. The Balaban J connectivity index is 1.29. The van der Waals surface area contributed by atoms with Crippen LogP contribution in [0.15, 0.2) is 60.9 Å². The Morgan fingerprint density at radius 1 is 0.805 bits per heavy atom. The highest BCUT2D eigenvalue weighted by atomic mass is 16.5. The number of anilines is 2. The molecule has 2 aromatic carbocycles. The molecule has 1 aliphatic carbocycles. The summed E-state index contributed by atoms with van der Waals surface area (Å²) >= 11 is 0. The van der Waals surface area contributed by atoms with Crippen molar-refractivity contribution in [2.24, 2.45) is 0 Å². The van der Waals surface area contributed by atoms with Crippen LogP contribution in [-0.4, -0.2) is 60.9 Å². The second-order valence-electron chi connectivity index (χ2n) is 11.8. The Morgan fingerprint density at radius 2 is 1.49 bits per heavy atom. The molecule has 0 bridgehead atoms. The summed E-state index contributed by atoms with van der Waals surface area (Å²) in [4.78, 5) is 9.40. The van der Waals surface area contributed by atoms with Crippen LogP contribution in [0.1, 0.15) is 57.1 Å². The molecule has 2 fully saturated rings. The number of nitrogens with zero attached hydrogens (tertiary/aromatic N) is 4. The van der Waals surface area contributed by atoms with E-state index in [0.717, 1.165) is 48.9 Å². The topological polar surface area (TPSA) is 68.8 Å². The number of pyridine rings is 1. The lowest BCUT2D eigenvalue weighted by atomic mass is 9.89. The number of ether oxygens (including phenoxy) is 2. The number of aromatic nitrogens is 2. The molecule has 1 saturated heterocycles. The molecule has 4 aromatic rings. The van der Waals surface area contributed by atoms with Crippen molar-refractivity contribution in [3.63, 3.8) is 0 Å². The number of rotatable bonds is 7. The van der Waals surface area contributed by atoms with Gasteiger partial charge in [0.1, 0.15) is 0 Å². The second kappa shape index (κ2) is 11.6. The quantitative estimate of drug-likeness (QED) is 0.256. The minimum absolute atomic E-state index is 0.344. The third-order valence-corrected chi connectivity index (χ3v) is 9.19. The van der Waals surface area contributed by atoms with E-state index in [2.05, 4.69) is 75.7 Å². The molecule has 2 N–H and O–H groups in total. The average Bonchev–Trinajstić information content (AvgIpc) is 3.36. The van der Waals surface area contributed by atoms with Gasteiger partial charge in [-0.3, -0.25) is 9.88 Å². The first-order valence-electron chi connectivity index (χ1n) is 15.0. The molecular weight excluding hydrogens is 510 g/mol. The molecule has 3 heterocycles. The van der Waals surface area contributed by atoms with E-state index in [9.17, 15) is 0 Å². The van der Waals surface area contributed by atoms with Crippen LogP contribution < -0.4 is 20.1 Å². The van der Waals surface area contributed by atoms with E-state index in [-0.39, 0.29) is 0 Å². The molecule has 6 rings (SSSR count). The number of nitrogens with two attached hydrogens (primary N) is 1. The van der Waals surface area contributed by atoms with Crippen LogP contribution in [0, 0.1) is 0 Å². The van der Waals surface area contributed by atoms with Gasteiger partial charge in [0, 0.05) is 78.5 Å². The number of methoxy groups -OCH3 is 2. The van der Waals surface area contributed by atoms with Crippen molar-refractivity contribution in [3.8, 4) is 22.8 Å². The maximum absolute atomic E-state index is 6.34. The van der Waals surface area contributed by atoms with Gasteiger partial charge in [-0.25, -0.2) is 0 Å². The Hall–Kier alpha value is -3.71. The van der Waals surface area contributed by atoms with Gasteiger partial charge >= 0.3 is 0 Å². The van der Waals surface area contributed by atoms with Crippen LogP contribution in [0.2, 0.25) is 0 Å². The minimum Gasteiger partial charge on any atom is -0.493 e. The third kappa shape index (κ3) is 5.23. The Labute approximate surface area is 243 Å². The van der Waals surface area contributed by atoms with Gasteiger partial charge in [0.15, 0.2) is 11.5 Å². The number of nitrogen functional groups attached to an aromatic ring is 1. The highest BCUT2D eigenvalue weighted by molar-refractivity contribution is 5.94. The molecule has 41 heavy (non-hydrogen) atoms. The summed E-state index contributed by atoms with van der Waals surface area (Å²) < 4.78 is 13.9. The van der Waals surface area contributed by atoms with Gasteiger partial charge in [0.2, 0.25) is 0 Å². The zero-order valence-corrected chi connectivity index (χ0v) is 24.8. The number of fused-ring (bicyclic) bond motifs is 1. The SMILES string of the molecule is COc1ccc(-c2c(C(C)C)c3cc(N)ccc3n2C2CCC(N3CCN(c4ccncc4)CC3)CC2)cc1OC. The first-order chi connectivity index (χ1) is 20.0. The summed E-state index contributed by atoms with van der Waals surface area (Å²) in [7, 11) is 3.40. The van der Waals surface area contributed by atoms with Gasteiger partial charge in [-0.2, -0.15) is 0 Å². The molecule has 7 heteroatoms. The summed E-state index contributed by atoms with van der Waals surface area (Å²) in [5.74, 6) is 1.85. The highest BCUT2D eigenvalue weighted by Gasteiger charge is 2.32. The van der Waals surface area contributed by atoms with E-state index in [0.29, 0.717) is 18.0 Å². The molecular formula is C34H43N5O2. The molecule has 2 aliphatic rings.